The summed E-state index contributed by atoms with van der Waals surface area (Å²) >= 11 is 0. The number of para-hydroxylation sites is 1. The zero-order chi connectivity index (χ0) is 21.1. The van der Waals surface area contributed by atoms with E-state index in [1.807, 2.05) is 31.3 Å². The quantitative estimate of drug-likeness (QED) is 0.707. The molecule has 0 atom stereocenters. The van der Waals surface area contributed by atoms with Crippen LogP contribution in [0.25, 0.3) is 10.9 Å². The van der Waals surface area contributed by atoms with Crippen LogP contribution in [0.3, 0.4) is 0 Å². The fourth-order valence-corrected chi connectivity index (χ4v) is 4.72. The maximum atomic E-state index is 13.2. The van der Waals surface area contributed by atoms with Crippen molar-refractivity contribution in [2.75, 3.05) is 26.7 Å². The fourth-order valence-electron chi connectivity index (χ4n) is 4.72. The van der Waals surface area contributed by atoms with Gasteiger partial charge in [0.25, 0.3) is 5.91 Å². The van der Waals surface area contributed by atoms with Crippen molar-refractivity contribution in [2.45, 2.75) is 58.0 Å². The van der Waals surface area contributed by atoms with Gasteiger partial charge < -0.3 is 9.64 Å². The van der Waals surface area contributed by atoms with Crippen LogP contribution in [0, 0.1) is 0 Å². The lowest BCUT2D eigenvalue weighted by atomic mass is 9.94. The highest BCUT2D eigenvalue weighted by molar-refractivity contribution is 6.05. The molecule has 1 amide bonds. The van der Waals surface area contributed by atoms with Crippen LogP contribution in [0.5, 0.6) is 0 Å². The van der Waals surface area contributed by atoms with Gasteiger partial charge in [0.1, 0.15) is 0 Å². The number of likely N-dealkylation sites (N-methyl/N-ethyl adjacent to an activating group) is 2. The van der Waals surface area contributed by atoms with E-state index in [2.05, 4.69) is 11.8 Å². The molecule has 6 heteroatoms. The SMILES string of the molecule is CCN1CCc2nc3ccccc3c(C(=O)OCC(=O)N(C)C3CCCCC3)c2C1. The Morgan fingerprint density at radius 2 is 1.97 bits per heavy atom. The highest BCUT2D eigenvalue weighted by Crippen LogP contribution is 2.29. The summed E-state index contributed by atoms with van der Waals surface area (Å²) in [6.07, 6.45) is 6.44. The van der Waals surface area contributed by atoms with E-state index in [1.165, 1.54) is 6.42 Å². The average molecular weight is 410 g/mol. The van der Waals surface area contributed by atoms with Crippen molar-refractivity contribution in [3.05, 3.63) is 41.1 Å². The summed E-state index contributed by atoms with van der Waals surface area (Å²) in [6.45, 7) is 4.45. The number of benzene rings is 1. The van der Waals surface area contributed by atoms with Crippen LogP contribution in [-0.4, -0.2) is 59.4 Å². The number of rotatable bonds is 5. The zero-order valence-corrected chi connectivity index (χ0v) is 18.0. The third-order valence-electron chi connectivity index (χ3n) is 6.62. The molecule has 0 bridgehead atoms. The van der Waals surface area contributed by atoms with E-state index < -0.39 is 5.97 Å². The summed E-state index contributed by atoms with van der Waals surface area (Å²) in [7, 11) is 1.83. The Kier molecular flexibility index (Phi) is 6.32. The summed E-state index contributed by atoms with van der Waals surface area (Å²) in [6, 6.07) is 7.95. The molecule has 1 saturated carbocycles. The van der Waals surface area contributed by atoms with Gasteiger partial charge in [-0.15, -0.1) is 0 Å². The lowest BCUT2D eigenvalue weighted by Gasteiger charge is -2.31. The van der Waals surface area contributed by atoms with Gasteiger partial charge in [0.2, 0.25) is 0 Å². The molecule has 1 fully saturated rings. The Morgan fingerprint density at radius 1 is 1.20 bits per heavy atom. The van der Waals surface area contributed by atoms with E-state index in [-0.39, 0.29) is 18.6 Å². The summed E-state index contributed by atoms with van der Waals surface area (Å²) in [5.74, 6) is -0.550. The molecule has 4 rings (SSSR count). The van der Waals surface area contributed by atoms with E-state index in [4.69, 9.17) is 9.72 Å². The topological polar surface area (TPSA) is 62.7 Å². The smallest absolute Gasteiger partial charge is 0.339 e. The van der Waals surface area contributed by atoms with Crippen molar-refractivity contribution in [2.24, 2.45) is 0 Å². The van der Waals surface area contributed by atoms with Gasteiger partial charge >= 0.3 is 5.97 Å². The van der Waals surface area contributed by atoms with Crippen LogP contribution in [0.4, 0.5) is 0 Å². The minimum Gasteiger partial charge on any atom is -0.452 e. The van der Waals surface area contributed by atoms with Crippen LogP contribution in [0.1, 0.15) is 60.6 Å². The van der Waals surface area contributed by atoms with Crippen molar-refractivity contribution in [1.29, 1.82) is 0 Å². The maximum Gasteiger partial charge on any atom is 0.339 e. The average Bonchev–Trinajstić information content (AvgIpc) is 2.80. The number of ether oxygens (including phenoxy) is 1. The molecular weight excluding hydrogens is 378 g/mol. The fraction of sp³-hybridized carbons (Fsp3) is 0.542. The van der Waals surface area contributed by atoms with Crippen molar-refractivity contribution < 1.29 is 14.3 Å². The molecule has 0 radical (unpaired) electrons. The minimum atomic E-state index is -0.423. The largest absolute Gasteiger partial charge is 0.452 e. The van der Waals surface area contributed by atoms with E-state index in [0.717, 1.165) is 67.4 Å². The van der Waals surface area contributed by atoms with E-state index in [0.29, 0.717) is 12.1 Å². The molecule has 0 unspecified atom stereocenters. The van der Waals surface area contributed by atoms with Gasteiger partial charge in [-0.3, -0.25) is 14.7 Å². The van der Waals surface area contributed by atoms with Crippen LogP contribution < -0.4 is 0 Å². The number of aromatic nitrogens is 1. The molecule has 1 aromatic carbocycles. The number of hydrogen-bond donors (Lipinski definition) is 0. The van der Waals surface area contributed by atoms with Gasteiger partial charge in [-0.05, 0) is 25.5 Å². The van der Waals surface area contributed by atoms with Crippen LogP contribution in [-0.2, 0) is 22.5 Å². The molecule has 2 aliphatic rings. The third-order valence-corrected chi connectivity index (χ3v) is 6.62. The van der Waals surface area contributed by atoms with Gasteiger partial charge in [0.15, 0.2) is 6.61 Å². The highest BCUT2D eigenvalue weighted by Gasteiger charge is 2.28. The monoisotopic (exact) mass is 409 g/mol. The van der Waals surface area contributed by atoms with E-state index >= 15 is 0 Å². The van der Waals surface area contributed by atoms with Crippen LogP contribution in [0.15, 0.2) is 24.3 Å². The Morgan fingerprint density at radius 3 is 2.73 bits per heavy atom. The predicted octanol–water partition coefficient (Wildman–Crippen LogP) is 3.56. The second-order valence-electron chi connectivity index (χ2n) is 8.42. The standard InChI is InChI=1S/C24H31N3O3/c1-3-27-14-13-21-19(15-27)23(18-11-7-8-12-20(18)25-21)24(29)30-16-22(28)26(2)17-9-5-4-6-10-17/h7-8,11-12,17H,3-6,9-10,13-16H2,1-2H3. The number of hydrogen-bond acceptors (Lipinski definition) is 5. The first-order valence-electron chi connectivity index (χ1n) is 11.1. The summed E-state index contributed by atoms with van der Waals surface area (Å²) in [5.41, 5.74) is 3.29. The molecule has 160 valence electrons. The molecule has 30 heavy (non-hydrogen) atoms. The van der Waals surface area contributed by atoms with Gasteiger partial charge in [-0.1, -0.05) is 44.4 Å². The molecule has 2 aromatic rings. The molecule has 1 aliphatic heterocycles. The first-order valence-corrected chi connectivity index (χ1v) is 11.1. The van der Waals surface area contributed by atoms with Crippen molar-refractivity contribution >= 4 is 22.8 Å². The molecule has 0 spiro atoms. The molecule has 2 heterocycles. The number of carbonyl (C=O) groups is 2. The molecule has 1 aliphatic carbocycles. The van der Waals surface area contributed by atoms with Gasteiger partial charge in [0.05, 0.1) is 11.1 Å². The van der Waals surface area contributed by atoms with Gasteiger partial charge in [-0.25, -0.2) is 4.79 Å². The second-order valence-corrected chi connectivity index (χ2v) is 8.42. The van der Waals surface area contributed by atoms with E-state index in [9.17, 15) is 9.59 Å². The van der Waals surface area contributed by atoms with Crippen LogP contribution >= 0.6 is 0 Å². The summed E-state index contributed by atoms with van der Waals surface area (Å²) in [4.78, 5) is 34.7. The first-order chi connectivity index (χ1) is 14.6. The first kappa shape index (κ1) is 20.8. The third kappa shape index (κ3) is 4.19. The Labute approximate surface area is 178 Å². The number of esters is 1. The van der Waals surface area contributed by atoms with Crippen molar-refractivity contribution in [1.82, 2.24) is 14.8 Å². The number of fused-ring (bicyclic) bond motifs is 2. The Balaban J connectivity index is 1.56. The zero-order valence-electron chi connectivity index (χ0n) is 18.0. The summed E-state index contributed by atoms with van der Waals surface area (Å²) < 4.78 is 5.57. The van der Waals surface area contributed by atoms with Gasteiger partial charge in [0, 0.05) is 49.2 Å². The Bertz CT molecular complexity index is 937. The van der Waals surface area contributed by atoms with Crippen molar-refractivity contribution in [3.8, 4) is 0 Å². The van der Waals surface area contributed by atoms with Crippen molar-refractivity contribution in [3.63, 3.8) is 0 Å². The minimum absolute atomic E-state index is 0.127. The van der Waals surface area contributed by atoms with E-state index in [1.54, 1.807) is 4.90 Å². The predicted molar refractivity (Wildman–Crippen MR) is 116 cm³/mol. The molecule has 0 saturated heterocycles. The molecule has 6 nitrogen and oxygen atoms in total. The second kappa shape index (κ2) is 9.13. The normalized spacial score (nSPS) is 17.5. The number of nitrogens with zero attached hydrogens (tertiary/aromatic N) is 3. The molecular formula is C24H31N3O3. The maximum absolute atomic E-state index is 13.2. The number of amides is 1. The number of pyridine rings is 1. The van der Waals surface area contributed by atoms with Gasteiger partial charge in [-0.2, -0.15) is 0 Å². The number of carbonyl (C=O) groups excluding carboxylic acids is 2. The molecule has 0 N–H and O–H groups in total. The molecule has 1 aromatic heterocycles. The lowest BCUT2D eigenvalue weighted by molar-refractivity contribution is -0.135. The lowest BCUT2D eigenvalue weighted by Crippen LogP contribution is -2.40. The Hall–Kier alpha value is -2.47. The van der Waals surface area contributed by atoms with Crippen LogP contribution in [0.2, 0.25) is 0 Å². The highest BCUT2D eigenvalue weighted by atomic mass is 16.5. The summed E-state index contributed by atoms with van der Waals surface area (Å²) in [5, 5.41) is 0.798.